The van der Waals surface area contributed by atoms with Gasteiger partial charge in [0, 0.05) is 45.8 Å². The van der Waals surface area contributed by atoms with Gasteiger partial charge in [0.2, 0.25) is 5.91 Å². The minimum absolute atomic E-state index is 0. The summed E-state index contributed by atoms with van der Waals surface area (Å²) in [6.45, 7) is 8.32. The Bertz CT molecular complexity index is 677. The summed E-state index contributed by atoms with van der Waals surface area (Å²) in [4.78, 5) is 20.6. The standard InChI is InChI=1S/C19H28N6O.HI/c1-15(2)23-18(26)14-24-7-9-25(10-8-24)19(21-3)22-13-17-6-4-5-16(11-17)12-20;/h4-6,11,15H,7-10,13-14H2,1-3H3,(H,21,22)(H,23,26);1H. The van der Waals surface area contributed by atoms with E-state index in [2.05, 4.69) is 31.5 Å². The van der Waals surface area contributed by atoms with Crippen molar-refractivity contribution in [3.05, 3.63) is 35.4 Å². The average Bonchev–Trinajstić information content (AvgIpc) is 2.63. The van der Waals surface area contributed by atoms with Gasteiger partial charge in [0.25, 0.3) is 0 Å². The van der Waals surface area contributed by atoms with Crippen LogP contribution in [0.5, 0.6) is 0 Å². The molecule has 8 heteroatoms. The van der Waals surface area contributed by atoms with Crippen molar-refractivity contribution in [1.82, 2.24) is 20.4 Å². The summed E-state index contributed by atoms with van der Waals surface area (Å²) in [5.74, 6) is 0.923. The first kappa shape index (κ1) is 23.2. The molecule has 0 radical (unpaired) electrons. The minimum atomic E-state index is 0. The second-order valence-electron chi connectivity index (χ2n) is 6.70. The van der Waals surface area contributed by atoms with Crippen LogP contribution in [0.15, 0.2) is 29.3 Å². The minimum Gasteiger partial charge on any atom is -0.353 e. The predicted molar refractivity (Wildman–Crippen MR) is 118 cm³/mol. The van der Waals surface area contributed by atoms with Crippen LogP contribution < -0.4 is 10.6 Å². The normalized spacial score (nSPS) is 15.1. The van der Waals surface area contributed by atoms with E-state index in [-0.39, 0.29) is 35.9 Å². The number of nitrogens with zero attached hydrogens (tertiary/aromatic N) is 4. The summed E-state index contributed by atoms with van der Waals surface area (Å²) in [6, 6.07) is 9.89. The molecular weight excluding hydrogens is 455 g/mol. The molecule has 2 N–H and O–H groups in total. The van der Waals surface area contributed by atoms with Crippen LogP contribution >= 0.6 is 24.0 Å². The third-order valence-corrected chi connectivity index (χ3v) is 4.21. The highest BCUT2D eigenvalue weighted by molar-refractivity contribution is 14.0. The van der Waals surface area contributed by atoms with Gasteiger partial charge >= 0.3 is 0 Å². The lowest BCUT2D eigenvalue weighted by Gasteiger charge is -2.36. The summed E-state index contributed by atoms with van der Waals surface area (Å²) in [6.07, 6.45) is 0. The molecule has 0 atom stereocenters. The molecule has 27 heavy (non-hydrogen) atoms. The molecule has 1 aromatic rings. The number of guanidine groups is 1. The van der Waals surface area contributed by atoms with Crippen LogP contribution in [0.2, 0.25) is 0 Å². The Kier molecular flexibility index (Phi) is 10.1. The quantitative estimate of drug-likeness (QED) is 0.375. The van der Waals surface area contributed by atoms with E-state index in [0.717, 1.165) is 37.7 Å². The van der Waals surface area contributed by atoms with E-state index in [4.69, 9.17) is 5.26 Å². The molecule has 1 saturated heterocycles. The largest absolute Gasteiger partial charge is 0.353 e. The molecule has 1 aliphatic heterocycles. The molecule has 0 aliphatic carbocycles. The number of rotatable bonds is 5. The summed E-state index contributed by atoms with van der Waals surface area (Å²) in [7, 11) is 1.77. The number of amides is 1. The number of piperazine rings is 1. The van der Waals surface area contributed by atoms with Crippen LogP contribution in [-0.2, 0) is 11.3 Å². The van der Waals surface area contributed by atoms with Gasteiger partial charge in [-0.3, -0.25) is 14.7 Å². The van der Waals surface area contributed by atoms with E-state index in [0.29, 0.717) is 18.7 Å². The third-order valence-electron chi connectivity index (χ3n) is 4.21. The fourth-order valence-corrected chi connectivity index (χ4v) is 2.95. The molecule has 0 spiro atoms. The lowest BCUT2D eigenvalue weighted by molar-refractivity contribution is -0.123. The zero-order chi connectivity index (χ0) is 18.9. The van der Waals surface area contributed by atoms with Crippen molar-refractivity contribution in [3.8, 4) is 6.07 Å². The van der Waals surface area contributed by atoms with Crippen molar-refractivity contribution in [1.29, 1.82) is 5.26 Å². The molecular formula is C19H29IN6O. The highest BCUT2D eigenvalue weighted by Gasteiger charge is 2.21. The van der Waals surface area contributed by atoms with Crippen LogP contribution in [0.25, 0.3) is 0 Å². The first-order chi connectivity index (χ1) is 12.5. The summed E-state index contributed by atoms with van der Waals surface area (Å²) in [5, 5.41) is 15.3. The molecule has 0 saturated carbocycles. The van der Waals surface area contributed by atoms with Crippen LogP contribution in [0, 0.1) is 11.3 Å². The SMILES string of the molecule is CN=C(NCc1cccc(C#N)c1)N1CCN(CC(=O)NC(C)C)CC1.I. The molecule has 1 fully saturated rings. The van der Waals surface area contributed by atoms with Gasteiger partial charge in [-0.25, -0.2) is 0 Å². The fraction of sp³-hybridized carbons (Fsp3) is 0.526. The van der Waals surface area contributed by atoms with Gasteiger partial charge in [-0.15, -0.1) is 24.0 Å². The zero-order valence-corrected chi connectivity index (χ0v) is 18.6. The maximum atomic E-state index is 11.9. The Morgan fingerprint density at radius 2 is 2.00 bits per heavy atom. The maximum absolute atomic E-state index is 11.9. The molecule has 1 aliphatic rings. The van der Waals surface area contributed by atoms with E-state index in [9.17, 15) is 4.79 Å². The Balaban J connectivity index is 0.00000364. The monoisotopic (exact) mass is 484 g/mol. The first-order valence-electron chi connectivity index (χ1n) is 8.98. The fourth-order valence-electron chi connectivity index (χ4n) is 2.95. The second kappa shape index (κ2) is 11.8. The Hall–Kier alpha value is -1.86. The van der Waals surface area contributed by atoms with Gasteiger partial charge in [0.1, 0.15) is 0 Å². The van der Waals surface area contributed by atoms with Gasteiger partial charge in [-0.05, 0) is 31.5 Å². The van der Waals surface area contributed by atoms with Gasteiger partial charge in [-0.1, -0.05) is 12.1 Å². The molecule has 0 unspecified atom stereocenters. The number of hydrogen-bond donors (Lipinski definition) is 2. The van der Waals surface area contributed by atoms with Crippen LogP contribution in [0.3, 0.4) is 0 Å². The van der Waals surface area contributed by atoms with Crippen molar-refractivity contribution < 1.29 is 4.79 Å². The summed E-state index contributed by atoms with van der Waals surface area (Å²) in [5.41, 5.74) is 1.71. The first-order valence-corrected chi connectivity index (χ1v) is 8.98. The molecule has 148 valence electrons. The van der Waals surface area contributed by atoms with Crippen molar-refractivity contribution in [2.24, 2.45) is 4.99 Å². The molecule has 0 aromatic heterocycles. The average molecular weight is 484 g/mol. The van der Waals surface area contributed by atoms with E-state index in [1.54, 1.807) is 13.1 Å². The maximum Gasteiger partial charge on any atom is 0.234 e. The lowest BCUT2D eigenvalue weighted by atomic mass is 10.1. The highest BCUT2D eigenvalue weighted by atomic mass is 127. The Morgan fingerprint density at radius 1 is 1.30 bits per heavy atom. The van der Waals surface area contributed by atoms with Crippen molar-refractivity contribution in [3.63, 3.8) is 0 Å². The Morgan fingerprint density at radius 3 is 2.59 bits per heavy atom. The van der Waals surface area contributed by atoms with Crippen LogP contribution in [0.1, 0.15) is 25.0 Å². The number of hydrogen-bond acceptors (Lipinski definition) is 4. The summed E-state index contributed by atoms with van der Waals surface area (Å²) < 4.78 is 0. The number of halogens is 1. The van der Waals surface area contributed by atoms with Crippen molar-refractivity contribution >= 4 is 35.8 Å². The summed E-state index contributed by atoms with van der Waals surface area (Å²) >= 11 is 0. The van der Waals surface area contributed by atoms with E-state index < -0.39 is 0 Å². The van der Waals surface area contributed by atoms with Gasteiger partial charge in [-0.2, -0.15) is 5.26 Å². The van der Waals surface area contributed by atoms with E-state index in [1.807, 2.05) is 32.0 Å². The topological polar surface area (TPSA) is 83.8 Å². The lowest BCUT2D eigenvalue weighted by Crippen LogP contribution is -2.54. The second-order valence-corrected chi connectivity index (χ2v) is 6.70. The van der Waals surface area contributed by atoms with E-state index in [1.165, 1.54) is 0 Å². The van der Waals surface area contributed by atoms with Gasteiger partial charge in [0.15, 0.2) is 5.96 Å². The molecule has 2 rings (SSSR count). The van der Waals surface area contributed by atoms with Crippen LogP contribution in [0.4, 0.5) is 0 Å². The Labute approximate surface area is 178 Å². The predicted octanol–water partition coefficient (Wildman–Crippen LogP) is 1.39. The van der Waals surface area contributed by atoms with Crippen molar-refractivity contribution in [2.45, 2.75) is 26.4 Å². The van der Waals surface area contributed by atoms with Gasteiger partial charge < -0.3 is 15.5 Å². The molecule has 0 bridgehead atoms. The highest BCUT2D eigenvalue weighted by Crippen LogP contribution is 2.06. The molecule has 1 amide bonds. The van der Waals surface area contributed by atoms with Crippen molar-refractivity contribution in [2.75, 3.05) is 39.8 Å². The molecule has 7 nitrogen and oxygen atoms in total. The smallest absolute Gasteiger partial charge is 0.234 e. The molecule has 1 aromatic carbocycles. The number of nitrogens with one attached hydrogen (secondary N) is 2. The van der Waals surface area contributed by atoms with E-state index >= 15 is 0 Å². The van der Waals surface area contributed by atoms with Crippen LogP contribution in [-0.4, -0.2) is 67.5 Å². The number of aliphatic imine (C=N–C) groups is 1. The number of nitriles is 1. The molecule has 1 heterocycles. The zero-order valence-electron chi connectivity index (χ0n) is 16.2. The third kappa shape index (κ3) is 7.72. The number of carbonyl (C=O) groups is 1. The van der Waals surface area contributed by atoms with Gasteiger partial charge in [0.05, 0.1) is 18.2 Å². The number of benzene rings is 1. The number of carbonyl (C=O) groups excluding carboxylic acids is 1.